The molecular formula is C19H14F2N2O3. The van der Waals surface area contributed by atoms with Gasteiger partial charge < -0.3 is 10.8 Å². The first-order chi connectivity index (χ1) is 12.3. The predicted octanol–water partition coefficient (Wildman–Crippen LogP) is 2.94. The highest BCUT2D eigenvalue weighted by Crippen LogP contribution is 2.23. The number of pyridine rings is 1. The summed E-state index contributed by atoms with van der Waals surface area (Å²) in [5.74, 6) is -2.42. The Bertz CT molecular complexity index is 1090. The summed E-state index contributed by atoms with van der Waals surface area (Å²) in [6.07, 6.45) is 0. The molecule has 7 heteroatoms. The number of ketones is 1. The molecule has 0 aliphatic heterocycles. The number of hydrogen-bond acceptors (Lipinski definition) is 4. The van der Waals surface area contributed by atoms with E-state index in [0.717, 1.165) is 22.8 Å². The van der Waals surface area contributed by atoms with Crippen LogP contribution in [0.2, 0.25) is 0 Å². The lowest BCUT2D eigenvalue weighted by Crippen LogP contribution is -2.24. The summed E-state index contributed by atoms with van der Waals surface area (Å²) in [4.78, 5) is 24.9. The maximum atomic E-state index is 14.1. The number of carbonyl (C=O) groups excluding carboxylic acids is 1. The molecule has 26 heavy (non-hydrogen) atoms. The summed E-state index contributed by atoms with van der Waals surface area (Å²) >= 11 is 0. The van der Waals surface area contributed by atoms with Crippen LogP contribution < -0.4 is 11.3 Å². The van der Waals surface area contributed by atoms with Gasteiger partial charge in [0.2, 0.25) is 0 Å². The second-order valence-electron chi connectivity index (χ2n) is 5.73. The van der Waals surface area contributed by atoms with Gasteiger partial charge in [0.15, 0.2) is 11.6 Å². The van der Waals surface area contributed by atoms with Crippen LogP contribution in [0.25, 0.3) is 5.69 Å². The number of carbonyl (C=O) groups is 1. The topological polar surface area (TPSA) is 85.3 Å². The minimum absolute atomic E-state index is 0.0249. The Morgan fingerprint density at radius 2 is 1.77 bits per heavy atom. The van der Waals surface area contributed by atoms with Gasteiger partial charge in [0, 0.05) is 17.7 Å². The molecule has 3 aromatic rings. The van der Waals surface area contributed by atoms with Crippen LogP contribution in [-0.4, -0.2) is 15.5 Å². The average Bonchev–Trinajstić information content (AvgIpc) is 2.58. The Balaban J connectivity index is 2.17. The third-order valence-corrected chi connectivity index (χ3v) is 3.97. The smallest absolute Gasteiger partial charge is 0.256 e. The van der Waals surface area contributed by atoms with E-state index in [-0.39, 0.29) is 33.9 Å². The van der Waals surface area contributed by atoms with E-state index in [0.29, 0.717) is 0 Å². The molecule has 0 spiro atoms. The van der Waals surface area contributed by atoms with Gasteiger partial charge in [0.25, 0.3) is 5.56 Å². The highest BCUT2D eigenvalue weighted by atomic mass is 19.1. The Labute approximate surface area is 146 Å². The number of nitrogens with two attached hydrogens (primary N) is 1. The molecule has 0 aliphatic rings. The van der Waals surface area contributed by atoms with Crippen LogP contribution in [0.3, 0.4) is 0 Å². The van der Waals surface area contributed by atoms with E-state index in [4.69, 9.17) is 5.73 Å². The van der Waals surface area contributed by atoms with Gasteiger partial charge in [-0.3, -0.25) is 14.2 Å². The molecular weight excluding hydrogens is 342 g/mol. The van der Waals surface area contributed by atoms with Crippen molar-refractivity contribution >= 4 is 11.6 Å². The number of halogens is 2. The van der Waals surface area contributed by atoms with Gasteiger partial charge in [-0.15, -0.1) is 0 Å². The molecule has 0 bridgehead atoms. The van der Waals surface area contributed by atoms with Crippen LogP contribution in [-0.2, 0) is 0 Å². The summed E-state index contributed by atoms with van der Waals surface area (Å²) in [7, 11) is 0. The maximum Gasteiger partial charge on any atom is 0.256 e. The van der Waals surface area contributed by atoms with E-state index in [1.54, 1.807) is 0 Å². The minimum Gasteiger partial charge on any atom is -0.508 e. The number of nitrogen functional groups attached to an aromatic ring is 1. The molecule has 0 aliphatic carbocycles. The van der Waals surface area contributed by atoms with Crippen LogP contribution in [0.1, 0.15) is 21.5 Å². The molecule has 0 radical (unpaired) electrons. The number of aromatic nitrogens is 1. The second-order valence-corrected chi connectivity index (χ2v) is 5.73. The molecule has 1 aromatic heterocycles. The van der Waals surface area contributed by atoms with Crippen molar-refractivity contribution < 1.29 is 18.7 Å². The van der Waals surface area contributed by atoms with Crippen molar-refractivity contribution in [1.82, 2.24) is 4.57 Å². The standard InChI is InChI=1S/C19H14F2N2O3/c1-10-8-11(2-5-14(10)20)18(26)13-4-7-17(25)23(19(13)22)16-6-3-12(24)9-15(16)21/h2-9,24H,22H2,1H3. The van der Waals surface area contributed by atoms with Gasteiger partial charge in [0.1, 0.15) is 17.4 Å². The zero-order chi connectivity index (χ0) is 19.0. The molecule has 0 unspecified atom stereocenters. The summed E-state index contributed by atoms with van der Waals surface area (Å²) in [6.45, 7) is 1.52. The maximum absolute atomic E-state index is 14.1. The van der Waals surface area contributed by atoms with Crippen LogP contribution in [0, 0.1) is 18.6 Å². The molecule has 0 saturated carbocycles. The third-order valence-electron chi connectivity index (χ3n) is 3.97. The van der Waals surface area contributed by atoms with Gasteiger partial charge in [-0.1, -0.05) is 0 Å². The van der Waals surface area contributed by atoms with Crippen LogP contribution in [0.4, 0.5) is 14.6 Å². The number of benzene rings is 2. The first kappa shape index (κ1) is 17.3. The van der Waals surface area contributed by atoms with E-state index in [1.165, 1.54) is 37.3 Å². The zero-order valence-electron chi connectivity index (χ0n) is 13.7. The van der Waals surface area contributed by atoms with Crippen molar-refractivity contribution in [3.05, 3.63) is 87.2 Å². The number of anilines is 1. The van der Waals surface area contributed by atoms with Crippen LogP contribution in [0.15, 0.2) is 53.3 Å². The Morgan fingerprint density at radius 3 is 2.42 bits per heavy atom. The van der Waals surface area contributed by atoms with E-state index in [1.807, 2.05) is 0 Å². The number of nitrogens with zero attached hydrogens (tertiary/aromatic N) is 1. The summed E-state index contributed by atoms with van der Waals surface area (Å²) < 4.78 is 28.4. The minimum atomic E-state index is -0.874. The third kappa shape index (κ3) is 2.95. The lowest BCUT2D eigenvalue weighted by molar-refractivity contribution is 0.103. The molecule has 3 rings (SSSR count). The van der Waals surface area contributed by atoms with Gasteiger partial charge in [-0.2, -0.15) is 0 Å². The Hall–Kier alpha value is -3.48. The fourth-order valence-electron chi connectivity index (χ4n) is 2.61. The summed E-state index contributed by atoms with van der Waals surface area (Å²) in [5.41, 5.74) is 5.58. The lowest BCUT2D eigenvalue weighted by Gasteiger charge is -2.14. The number of hydrogen-bond donors (Lipinski definition) is 2. The van der Waals surface area contributed by atoms with E-state index < -0.39 is 23.0 Å². The molecule has 1 heterocycles. The van der Waals surface area contributed by atoms with Crippen molar-refractivity contribution in [2.75, 3.05) is 5.73 Å². The molecule has 3 N–H and O–H groups in total. The van der Waals surface area contributed by atoms with E-state index in [2.05, 4.69) is 0 Å². The molecule has 0 saturated heterocycles. The van der Waals surface area contributed by atoms with Crippen molar-refractivity contribution in [3.8, 4) is 11.4 Å². The molecule has 0 atom stereocenters. The number of aromatic hydroxyl groups is 1. The second kappa shape index (κ2) is 6.44. The lowest BCUT2D eigenvalue weighted by atomic mass is 10.0. The number of phenolic OH excluding ortho intramolecular Hbond substituents is 1. The molecule has 2 aromatic carbocycles. The van der Waals surface area contributed by atoms with Gasteiger partial charge >= 0.3 is 0 Å². The highest BCUT2D eigenvalue weighted by Gasteiger charge is 2.19. The van der Waals surface area contributed by atoms with Crippen molar-refractivity contribution in [2.24, 2.45) is 0 Å². The predicted molar refractivity (Wildman–Crippen MR) is 92.6 cm³/mol. The van der Waals surface area contributed by atoms with Crippen LogP contribution in [0.5, 0.6) is 5.75 Å². The fraction of sp³-hybridized carbons (Fsp3) is 0.0526. The highest BCUT2D eigenvalue weighted by molar-refractivity contribution is 6.11. The molecule has 0 amide bonds. The molecule has 5 nitrogen and oxygen atoms in total. The van der Waals surface area contributed by atoms with Gasteiger partial charge in [-0.05, 0) is 48.9 Å². The number of rotatable bonds is 3. The van der Waals surface area contributed by atoms with Crippen molar-refractivity contribution in [2.45, 2.75) is 6.92 Å². The normalized spacial score (nSPS) is 10.7. The van der Waals surface area contributed by atoms with Crippen molar-refractivity contribution in [1.29, 1.82) is 0 Å². The Morgan fingerprint density at radius 1 is 1.04 bits per heavy atom. The van der Waals surface area contributed by atoms with E-state index in [9.17, 15) is 23.5 Å². The van der Waals surface area contributed by atoms with E-state index >= 15 is 0 Å². The molecule has 0 fully saturated rings. The average molecular weight is 356 g/mol. The first-order valence-corrected chi connectivity index (χ1v) is 7.61. The number of phenols is 1. The largest absolute Gasteiger partial charge is 0.508 e. The fourth-order valence-corrected chi connectivity index (χ4v) is 2.61. The van der Waals surface area contributed by atoms with Crippen LogP contribution >= 0.6 is 0 Å². The number of aryl methyl sites for hydroxylation is 1. The quantitative estimate of drug-likeness (QED) is 0.707. The Kier molecular flexibility index (Phi) is 4.29. The van der Waals surface area contributed by atoms with Gasteiger partial charge in [-0.25, -0.2) is 8.78 Å². The van der Waals surface area contributed by atoms with Crippen molar-refractivity contribution in [3.63, 3.8) is 0 Å². The first-order valence-electron chi connectivity index (χ1n) is 7.61. The summed E-state index contributed by atoms with van der Waals surface area (Å²) in [6, 6.07) is 9.38. The van der Waals surface area contributed by atoms with Gasteiger partial charge in [0.05, 0.1) is 11.3 Å². The summed E-state index contributed by atoms with van der Waals surface area (Å²) in [5, 5.41) is 9.32. The molecule has 132 valence electrons. The monoisotopic (exact) mass is 356 g/mol. The zero-order valence-corrected chi connectivity index (χ0v) is 13.7. The SMILES string of the molecule is Cc1cc(C(=O)c2ccc(=O)n(-c3ccc(O)cc3F)c2N)ccc1F.